The molecule has 0 saturated carbocycles. The van der Waals surface area contributed by atoms with Crippen molar-refractivity contribution >= 4 is 17.3 Å². The van der Waals surface area contributed by atoms with Crippen LogP contribution < -0.4 is 0 Å². The molecule has 70 valence electrons. The molecule has 0 aliphatic heterocycles. The predicted octanol–water partition coefficient (Wildman–Crippen LogP) is -0.908. The summed E-state index contributed by atoms with van der Waals surface area (Å²) in [5, 5.41) is 15.7. The van der Waals surface area contributed by atoms with Crippen LogP contribution >= 0.6 is 0 Å². The van der Waals surface area contributed by atoms with Gasteiger partial charge in [-0.1, -0.05) is 0 Å². The second-order valence-electron chi connectivity index (χ2n) is 2.49. The highest BCUT2D eigenvalue weighted by atomic mass is 16.5. The van der Waals surface area contributed by atoms with Gasteiger partial charge in [0.15, 0.2) is 11.9 Å². The average Bonchev–Trinajstić information content (AvgIpc) is 2.12. The number of ketones is 2. The van der Waals surface area contributed by atoms with Crippen molar-refractivity contribution in [1.82, 2.24) is 0 Å². The maximum atomic E-state index is 11.1. The van der Waals surface area contributed by atoms with Gasteiger partial charge in [0.2, 0.25) is 5.78 Å². The number of hydrogen-bond acceptors (Lipinski definition) is 5. The summed E-state index contributed by atoms with van der Waals surface area (Å²) in [5.41, 5.74) is -0.374. The van der Waals surface area contributed by atoms with Crippen LogP contribution in [0.5, 0.6) is 0 Å². The summed E-state index contributed by atoms with van der Waals surface area (Å²) < 4.78 is 4.83. The number of rotatable bonds is 3. The van der Waals surface area contributed by atoms with E-state index in [4.69, 9.17) is 15.3 Å². The summed E-state index contributed by atoms with van der Waals surface area (Å²) >= 11 is 0. The number of ether oxygens (including phenoxy) is 1. The van der Waals surface area contributed by atoms with Crippen molar-refractivity contribution < 1.29 is 19.4 Å². The molecule has 13 heavy (non-hydrogen) atoms. The van der Waals surface area contributed by atoms with Gasteiger partial charge in [0.25, 0.3) is 0 Å². The second kappa shape index (κ2) is 4.06. The minimum absolute atomic E-state index is 0.0556. The minimum atomic E-state index is -1.13. The van der Waals surface area contributed by atoms with Crippen LogP contribution in [0.25, 0.3) is 0 Å². The van der Waals surface area contributed by atoms with Gasteiger partial charge in [-0.05, 0) is 12.2 Å². The predicted molar refractivity (Wildman–Crippen MR) is 43.7 cm³/mol. The molecule has 0 saturated heterocycles. The van der Waals surface area contributed by atoms with Crippen molar-refractivity contribution in [2.24, 2.45) is 0 Å². The zero-order chi connectivity index (χ0) is 9.84. The van der Waals surface area contributed by atoms with Crippen LogP contribution in [-0.2, 0) is 14.3 Å². The molecule has 1 rings (SSSR count). The van der Waals surface area contributed by atoms with E-state index < -0.39 is 17.7 Å². The molecule has 0 aromatic heterocycles. The van der Waals surface area contributed by atoms with E-state index in [9.17, 15) is 9.59 Å². The van der Waals surface area contributed by atoms with Gasteiger partial charge < -0.3 is 9.84 Å². The molecular formula is C8H9NO4. The third-order valence-corrected chi connectivity index (χ3v) is 1.56. The van der Waals surface area contributed by atoms with Crippen LogP contribution in [0.15, 0.2) is 12.2 Å². The molecule has 0 fully saturated rings. The summed E-state index contributed by atoms with van der Waals surface area (Å²) in [6.45, 7) is -0.297. The highest BCUT2D eigenvalue weighted by Crippen LogP contribution is 2.05. The highest BCUT2D eigenvalue weighted by molar-refractivity contribution is 6.50. The van der Waals surface area contributed by atoms with Gasteiger partial charge in [-0.3, -0.25) is 15.0 Å². The van der Waals surface area contributed by atoms with Crippen LogP contribution in [0, 0.1) is 5.41 Å². The van der Waals surface area contributed by atoms with Crippen molar-refractivity contribution in [3.05, 3.63) is 12.2 Å². The van der Waals surface area contributed by atoms with Crippen molar-refractivity contribution in [2.75, 3.05) is 13.2 Å². The molecule has 0 heterocycles. The van der Waals surface area contributed by atoms with E-state index in [0.717, 1.165) is 12.2 Å². The molecule has 1 aliphatic carbocycles. The van der Waals surface area contributed by atoms with E-state index >= 15 is 0 Å². The number of nitrogens with one attached hydrogen (secondary N) is 1. The Kier molecular flexibility index (Phi) is 3.05. The van der Waals surface area contributed by atoms with Crippen LogP contribution in [-0.4, -0.2) is 41.7 Å². The van der Waals surface area contributed by atoms with Gasteiger partial charge in [0.1, 0.15) is 5.71 Å². The summed E-state index contributed by atoms with van der Waals surface area (Å²) in [6, 6.07) is 0. The SMILES string of the molecule is N=C1C(=O)C=CC(=O)C1OCCO. The molecular weight excluding hydrogens is 174 g/mol. The molecule has 0 amide bonds. The van der Waals surface area contributed by atoms with Crippen molar-refractivity contribution in [1.29, 1.82) is 5.41 Å². The molecule has 1 aliphatic rings. The van der Waals surface area contributed by atoms with E-state index in [1.165, 1.54) is 0 Å². The average molecular weight is 183 g/mol. The van der Waals surface area contributed by atoms with Crippen LogP contribution in [0.2, 0.25) is 0 Å². The number of hydrogen-bond donors (Lipinski definition) is 2. The molecule has 0 spiro atoms. The van der Waals surface area contributed by atoms with E-state index in [0.29, 0.717) is 0 Å². The maximum absolute atomic E-state index is 11.1. The van der Waals surface area contributed by atoms with E-state index in [-0.39, 0.29) is 18.9 Å². The molecule has 0 bridgehead atoms. The summed E-state index contributed by atoms with van der Waals surface area (Å²) in [4.78, 5) is 22.0. The van der Waals surface area contributed by atoms with E-state index in [1.54, 1.807) is 0 Å². The summed E-state index contributed by atoms with van der Waals surface area (Å²) in [7, 11) is 0. The van der Waals surface area contributed by atoms with Crippen LogP contribution in [0.4, 0.5) is 0 Å². The molecule has 1 unspecified atom stereocenters. The Morgan fingerprint density at radius 1 is 1.46 bits per heavy atom. The Bertz CT molecular complexity index is 282. The minimum Gasteiger partial charge on any atom is -0.394 e. The molecule has 0 radical (unpaired) electrons. The maximum Gasteiger partial charge on any atom is 0.202 e. The Balaban J connectivity index is 2.71. The zero-order valence-corrected chi connectivity index (χ0v) is 6.82. The molecule has 0 aromatic carbocycles. The van der Waals surface area contributed by atoms with Gasteiger partial charge in [0, 0.05) is 0 Å². The molecule has 0 aromatic rings. The Hall–Kier alpha value is -1.33. The van der Waals surface area contributed by atoms with Gasteiger partial charge >= 0.3 is 0 Å². The number of allylic oxidation sites excluding steroid dienone is 1. The number of carbonyl (C=O) groups is 2. The molecule has 5 nitrogen and oxygen atoms in total. The van der Waals surface area contributed by atoms with Gasteiger partial charge in [-0.2, -0.15) is 0 Å². The standard InChI is InChI=1S/C8H9NO4/c9-7-5(11)1-2-6(12)8(7)13-4-3-10/h1-2,8-10H,3-4H2. The van der Waals surface area contributed by atoms with E-state index in [2.05, 4.69) is 0 Å². The smallest absolute Gasteiger partial charge is 0.202 e. The summed E-state index contributed by atoms with van der Waals surface area (Å²) in [6.07, 6.45) is 0.996. The Labute approximate surface area is 74.5 Å². The number of aliphatic hydroxyl groups excluding tert-OH is 1. The first-order chi connectivity index (χ1) is 6.16. The zero-order valence-electron chi connectivity index (χ0n) is 6.82. The van der Waals surface area contributed by atoms with Crippen LogP contribution in [0.1, 0.15) is 0 Å². The van der Waals surface area contributed by atoms with Gasteiger partial charge in [0.05, 0.1) is 13.2 Å². The number of aliphatic hydroxyl groups is 1. The fourth-order valence-electron chi connectivity index (χ4n) is 0.942. The molecule has 1 atom stereocenters. The lowest BCUT2D eigenvalue weighted by molar-refractivity contribution is -0.124. The van der Waals surface area contributed by atoms with Gasteiger partial charge in [-0.25, -0.2) is 0 Å². The van der Waals surface area contributed by atoms with Crippen molar-refractivity contribution in [3.63, 3.8) is 0 Å². The third-order valence-electron chi connectivity index (χ3n) is 1.56. The first-order valence-electron chi connectivity index (χ1n) is 3.74. The largest absolute Gasteiger partial charge is 0.394 e. The lowest BCUT2D eigenvalue weighted by Gasteiger charge is -2.16. The fraction of sp³-hybridized carbons (Fsp3) is 0.375. The fourth-order valence-corrected chi connectivity index (χ4v) is 0.942. The topological polar surface area (TPSA) is 87.5 Å². The summed E-state index contributed by atoms with van der Waals surface area (Å²) in [5.74, 6) is -0.958. The Morgan fingerprint density at radius 3 is 2.77 bits per heavy atom. The first-order valence-corrected chi connectivity index (χ1v) is 3.74. The third kappa shape index (κ3) is 2.07. The monoisotopic (exact) mass is 183 g/mol. The van der Waals surface area contributed by atoms with Gasteiger partial charge in [-0.15, -0.1) is 0 Å². The molecule has 2 N–H and O–H groups in total. The van der Waals surface area contributed by atoms with Crippen molar-refractivity contribution in [3.8, 4) is 0 Å². The highest BCUT2D eigenvalue weighted by Gasteiger charge is 2.29. The van der Waals surface area contributed by atoms with E-state index in [1.807, 2.05) is 0 Å². The first kappa shape index (κ1) is 9.76. The Morgan fingerprint density at radius 2 is 2.15 bits per heavy atom. The van der Waals surface area contributed by atoms with Crippen LogP contribution in [0.3, 0.4) is 0 Å². The lowest BCUT2D eigenvalue weighted by atomic mass is 10.00. The van der Waals surface area contributed by atoms with Crippen molar-refractivity contribution in [2.45, 2.75) is 6.10 Å². The normalized spacial score (nSPS) is 22.5. The second-order valence-corrected chi connectivity index (χ2v) is 2.49. The quantitative estimate of drug-likeness (QED) is 0.593. The number of carbonyl (C=O) groups excluding carboxylic acids is 2. The molecule has 5 heteroatoms. The lowest BCUT2D eigenvalue weighted by Crippen LogP contribution is -2.39.